The van der Waals surface area contributed by atoms with E-state index in [2.05, 4.69) is 9.44 Å². The Balaban J connectivity index is 1.98. The second kappa shape index (κ2) is 7.34. The van der Waals surface area contributed by atoms with E-state index in [0.717, 1.165) is 24.3 Å². The normalized spacial score (nSPS) is 12.2. The monoisotopic (exact) mass is 376 g/mol. The van der Waals surface area contributed by atoms with Gasteiger partial charge in [0.1, 0.15) is 21.4 Å². The number of sulfonamides is 2. The van der Waals surface area contributed by atoms with Gasteiger partial charge in [0.25, 0.3) is 0 Å². The van der Waals surface area contributed by atoms with Gasteiger partial charge in [0.2, 0.25) is 20.0 Å². The molecule has 24 heavy (non-hydrogen) atoms. The first kappa shape index (κ1) is 18.5. The van der Waals surface area contributed by atoms with Crippen molar-refractivity contribution in [3.05, 3.63) is 60.2 Å². The van der Waals surface area contributed by atoms with E-state index in [9.17, 15) is 25.6 Å². The zero-order valence-electron chi connectivity index (χ0n) is 12.2. The van der Waals surface area contributed by atoms with Gasteiger partial charge in [0.05, 0.1) is 0 Å². The molecule has 6 nitrogen and oxygen atoms in total. The maximum absolute atomic E-state index is 13.5. The molecule has 0 bridgehead atoms. The molecule has 0 saturated carbocycles. The second-order valence-corrected chi connectivity index (χ2v) is 8.13. The SMILES string of the molecule is O=S(=O)(NCCNS(=O)(=O)c1ccccc1F)c1ccccc1F. The lowest BCUT2D eigenvalue weighted by atomic mass is 10.4. The van der Waals surface area contributed by atoms with Gasteiger partial charge in [-0.05, 0) is 24.3 Å². The fourth-order valence-corrected chi connectivity index (χ4v) is 4.07. The zero-order chi connectivity index (χ0) is 17.8. The first-order valence-corrected chi connectivity index (χ1v) is 9.69. The number of benzene rings is 2. The summed E-state index contributed by atoms with van der Waals surface area (Å²) >= 11 is 0. The molecule has 0 amide bonds. The summed E-state index contributed by atoms with van der Waals surface area (Å²) in [5.41, 5.74) is 0. The highest BCUT2D eigenvalue weighted by molar-refractivity contribution is 7.90. The summed E-state index contributed by atoms with van der Waals surface area (Å²) in [7, 11) is -8.23. The van der Waals surface area contributed by atoms with Crippen LogP contribution in [0.25, 0.3) is 0 Å². The number of hydrogen-bond acceptors (Lipinski definition) is 4. The summed E-state index contributed by atoms with van der Waals surface area (Å²) in [5.74, 6) is -1.84. The summed E-state index contributed by atoms with van der Waals surface area (Å²) < 4.78 is 78.7. The molecule has 130 valence electrons. The number of hydrogen-bond donors (Lipinski definition) is 2. The molecule has 2 rings (SSSR count). The Morgan fingerprint density at radius 3 is 1.33 bits per heavy atom. The molecule has 2 aromatic rings. The standard InChI is InChI=1S/C14H14F2N2O4S2/c15-11-5-1-3-7-13(11)23(19,20)17-9-10-18-24(21,22)14-8-4-2-6-12(14)16/h1-8,17-18H,9-10H2. The van der Waals surface area contributed by atoms with Crippen LogP contribution in [0.15, 0.2) is 58.3 Å². The van der Waals surface area contributed by atoms with Crippen LogP contribution in [0, 0.1) is 11.6 Å². The van der Waals surface area contributed by atoms with Crippen molar-refractivity contribution in [3.63, 3.8) is 0 Å². The third kappa shape index (κ3) is 4.35. The molecule has 0 aliphatic heterocycles. The van der Waals surface area contributed by atoms with Gasteiger partial charge in [-0.25, -0.2) is 35.1 Å². The molecule has 2 N–H and O–H groups in total. The average Bonchev–Trinajstić information content (AvgIpc) is 2.52. The van der Waals surface area contributed by atoms with Crippen LogP contribution < -0.4 is 9.44 Å². The van der Waals surface area contributed by atoms with Crippen LogP contribution >= 0.6 is 0 Å². The lowest BCUT2D eigenvalue weighted by Gasteiger charge is -2.09. The molecule has 0 fully saturated rings. The van der Waals surface area contributed by atoms with Crippen LogP contribution in [-0.2, 0) is 20.0 Å². The third-order valence-electron chi connectivity index (χ3n) is 2.96. The predicted octanol–water partition coefficient (Wildman–Crippen LogP) is 1.22. The van der Waals surface area contributed by atoms with E-state index >= 15 is 0 Å². The van der Waals surface area contributed by atoms with Gasteiger partial charge in [-0.15, -0.1) is 0 Å². The minimum atomic E-state index is -4.12. The van der Waals surface area contributed by atoms with Crippen molar-refractivity contribution in [3.8, 4) is 0 Å². The van der Waals surface area contributed by atoms with Crippen molar-refractivity contribution in [2.24, 2.45) is 0 Å². The Kier molecular flexibility index (Phi) is 5.65. The lowest BCUT2D eigenvalue weighted by molar-refractivity contribution is 0.548. The first-order valence-electron chi connectivity index (χ1n) is 6.72. The molecule has 2 aromatic carbocycles. The molecule has 0 atom stereocenters. The maximum Gasteiger partial charge on any atom is 0.243 e. The van der Waals surface area contributed by atoms with Crippen LogP contribution in [0.2, 0.25) is 0 Å². The number of nitrogens with one attached hydrogen (secondary N) is 2. The van der Waals surface area contributed by atoms with Crippen LogP contribution in [-0.4, -0.2) is 29.9 Å². The molecule has 0 aromatic heterocycles. The lowest BCUT2D eigenvalue weighted by Crippen LogP contribution is -2.35. The number of halogens is 2. The molecule has 0 unspecified atom stereocenters. The highest BCUT2D eigenvalue weighted by atomic mass is 32.2. The minimum absolute atomic E-state index is 0.329. The van der Waals surface area contributed by atoms with Crippen molar-refractivity contribution in [1.82, 2.24) is 9.44 Å². The average molecular weight is 376 g/mol. The van der Waals surface area contributed by atoms with Crippen LogP contribution in [0.4, 0.5) is 8.78 Å². The summed E-state index contributed by atoms with van der Waals surface area (Å²) in [6, 6.07) is 9.57. The Hall–Kier alpha value is -1.88. The van der Waals surface area contributed by atoms with Gasteiger partial charge in [0, 0.05) is 13.1 Å². The van der Waals surface area contributed by atoms with Gasteiger partial charge in [-0.2, -0.15) is 0 Å². The molecule has 0 radical (unpaired) electrons. The van der Waals surface area contributed by atoms with Gasteiger partial charge >= 0.3 is 0 Å². The van der Waals surface area contributed by atoms with E-state index in [-0.39, 0.29) is 13.1 Å². The quantitative estimate of drug-likeness (QED) is 0.711. The van der Waals surface area contributed by atoms with Crippen molar-refractivity contribution in [1.29, 1.82) is 0 Å². The fraction of sp³-hybridized carbons (Fsp3) is 0.143. The van der Waals surface area contributed by atoms with Crippen molar-refractivity contribution >= 4 is 20.0 Å². The van der Waals surface area contributed by atoms with Crippen molar-refractivity contribution < 1.29 is 25.6 Å². The highest BCUT2D eigenvalue weighted by Gasteiger charge is 2.20. The van der Waals surface area contributed by atoms with E-state index in [1.807, 2.05) is 0 Å². The third-order valence-corrected chi connectivity index (χ3v) is 5.95. The van der Waals surface area contributed by atoms with Crippen LogP contribution in [0.3, 0.4) is 0 Å². The van der Waals surface area contributed by atoms with Gasteiger partial charge in [-0.1, -0.05) is 24.3 Å². The van der Waals surface area contributed by atoms with Gasteiger partial charge in [-0.3, -0.25) is 0 Å². The summed E-state index contributed by atoms with van der Waals surface area (Å²) in [6.45, 7) is -0.658. The molecule has 0 saturated heterocycles. The predicted molar refractivity (Wildman–Crippen MR) is 83.2 cm³/mol. The van der Waals surface area contributed by atoms with E-state index in [1.165, 1.54) is 24.3 Å². The second-order valence-electron chi connectivity index (χ2n) is 4.66. The Labute approximate surface area is 138 Å². The molecule has 0 spiro atoms. The minimum Gasteiger partial charge on any atom is -0.210 e. The summed E-state index contributed by atoms with van der Waals surface area (Å²) in [5, 5.41) is 0. The molecular formula is C14H14F2N2O4S2. The van der Waals surface area contributed by atoms with Crippen molar-refractivity contribution in [2.75, 3.05) is 13.1 Å². The number of rotatable bonds is 7. The molecular weight excluding hydrogens is 362 g/mol. The van der Waals surface area contributed by atoms with Crippen LogP contribution in [0.1, 0.15) is 0 Å². The van der Waals surface area contributed by atoms with E-state index in [4.69, 9.17) is 0 Å². The van der Waals surface area contributed by atoms with Crippen LogP contribution in [0.5, 0.6) is 0 Å². The van der Waals surface area contributed by atoms with Gasteiger partial charge in [0.15, 0.2) is 0 Å². The highest BCUT2D eigenvalue weighted by Crippen LogP contribution is 2.14. The van der Waals surface area contributed by atoms with E-state index < -0.39 is 41.5 Å². The van der Waals surface area contributed by atoms with E-state index in [1.54, 1.807) is 0 Å². The van der Waals surface area contributed by atoms with Crippen molar-refractivity contribution in [2.45, 2.75) is 9.79 Å². The first-order chi connectivity index (χ1) is 11.2. The molecule has 10 heteroatoms. The smallest absolute Gasteiger partial charge is 0.210 e. The fourth-order valence-electron chi connectivity index (χ4n) is 1.85. The largest absolute Gasteiger partial charge is 0.243 e. The summed E-state index contributed by atoms with van der Waals surface area (Å²) in [6.07, 6.45) is 0. The zero-order valence-corrected chi connectivity index (χ0v) is 13.9. The summed E-state index contributed by atoms with van der Waals surface area (Å²) in [4.78, 5) is -1.08. The Morgan fingerprint density at radius 1 is 0.667 bits per heavy atom. The topological polar surface area (TPSA) is 92.3 Å². The Morgan fingerprint density at radius 2 is 1.00 bits per heavy atom. The molecule has 0 aliphatic rings. The Bertz CT molecular complexity index is 854. The molecule has 0 heterocycles. The van der Waals surface area contributed by atoms with E-state index in [0.29, 0.717) is 0 Å². The van der Waals surface area contributed by atoms with Gasteiger partial charge < -0.3 is 0 Å². The molecule has 0 aliphatic carbocycles. The maximum atomic E-state index is 13.5.